The van der Waals surface area contributed by atoms with Gasteiger partial charge in [-0.15, -0.1) is 0 Å². The molecule has 1 aliphatic heterocycles. The lowest BCUT2D eigenvalue weighted by atomic mass is 9.86. The third-order valence-corrected chi connectivity index (χ3v) is 5.44. The number of nitrogens with zero attached hydrogens (tertiary/aromatic N) is 2. The number of hydrogen-bond donors (Lipinski definition) is 0. The zero-order chi connectivity index (χ0) is 16.2. The van der Waals surface area contributed by atoms with Gasteiger partial charge in [-0.25, -0.2) is 0 Å². The van der Waals surface area contributed by atoms with E-state index in [1.54, 1.807) is 7.11 Å². The van der Waals surface area contributed by atoms with Crippen LogP contribution in [0.2, 0.25) is 0 Å². The van der Waals surface area contributed by atoms with Crippen molar-refractivity contribution in [2.75, 3.05) is 33.3 Å². The van der Waals surface area contributed by atoms with Crippen molar-refractivity contribution in [3.8, 4) is 5.75 Å². The molecule has 0 aromatic heterocycles. The third kappa shape index (κ3) is 3.69. The van der Waals surface area contributed by atoms with Gasteiger partial charge in [0.15, 0.2) is 0 Å². The molecule has 1 aromatic carbocycles. The lowest BCUT2D eigenvalue weighted by molar-refractivity contribution is 0.0499. The summed E-state index contributed by atoms with van der Waals surface area (Å²) >= 11 is 0. The highest BCUT2D eigenvalue weighted by molar-refractivity contribution is 5.97. The maximum atomic E-state index is 12.7. The number of amides is 1. The molecule has 0 N–H and O–H groups in total. The minimum atomic E-state index is 0.0966. The van der Waals surface area contributed by atoms with E-state index in [-0.39, 0.29) is 5.91 Å². The Morgan fingerprint density at radius 1 is 1.04 bits per heavy atom. The van der Waals surface area contributed by atoms with Crippen molar-refractivity contribution in [3.63, 3.8) is 0 Å². The Bertz CT molecular complexity index is 530. The molecule has 2 fully saturated rings. The molecule has 1 aliphatic carbocycles. The summed E-state index contributed by atoms with van der Waals surface area (Å²) in [7, 11) is 1.62. The largest absolute Gasteiger partial charge is 0.496 e. The van der Waals surface area contributed by atoms with Crippen LogP contribution < -0.4 is 4.74 Å². The highest BCUT2D eigenvalue weighted by Gasteiger charge is 2.29. The third-order valence-electron chi connectivity index (χ3n) is 5.44. The minimum absolute atomic E-state index is 0.0966. The first-order valence-corrected chi connectivity index (χ1v) is 8.85. The van der Waals surface area contributed by atoms with Crippen LogP contribution in [0.5, 0.6) is 5.75 Å². The molecular formula is C19H28N2O2. The number of benzene rings is 1. The predicted octanol–water partition coefficient (Wildman–Crippen LogP) is 3.03. The molecule has 0 spiro atoms. The minimum Gasteiger partial charge on any atom is -0.496 e. The van der Waals surface area contributed by atoms with E-state index >= 15 is 0 Å². The van der Waals surface area contributed by atoms with Gasteiger partial charge in [0.2, 0.25) is 0 Å². The standard InChI is InChI=1S/C19H28N2O2/c1-15-7-9-16(10-8-15)20-11-13-21(14-12-20)19(22)17-5-3-4-6-18(17)23-2/h3-6,15-16H,7-14H2,1-2H3. The zero-order valence-corrected chi connectivity index (χ0v) is 14.3. The van der Waals surface area contributed by atoms with Gasteiger partial charge in [-0.3, -0.25) is 9.69 Å². The van der Waals surface area contributed by atoms with Crippen LogP contribution in [0.4, 0.5) is 0 Å². The number of para-hydroxylation sites is 1. The Kier molecular flexibility index (Phi) is 5.21. The lowest BCUT2D eigenvalue weighted by Gasteiger charge is -2.41. The van der Waals surface area contributed by atoms with Gasteiger partial charge in [-0.2, -0.15) is 0 Å². The Labute approximate surface area is 139 Å². The predicted molar refractivity (Wildman–Crippen MR) is 91.9 cm³/mol. The lowest BCUT2D eigenvalue weighted by Crippen LogP contribution is -2.52. The first kappa shape index (κ1) is 16.3. The number of piperazine rings is 1. The number of carbonyl (C=O) groups excluding carboxylic acids is 1. The van der Waals surface area contributed by atoms with Gasteiger partial charge in [0.1, 0.15) is 5.75 Å². The van der Waals surface area contributed by atoms with E-state index in [2.05, 4.69) is 11.8 Å². The molecule has 0 bridgehead atoms. The Morgan fingerprint density at radius 3 is 2.35 bits per heavy atom. The Balaban J connectivity index is 1.57. The van der Waals surface area contributed by atoms with Crippen molar-refractivity contribution in [3.05, 3.63) is 29.8 Å². The van der Waals surface area contributed by atoms with E-state index in [1.807, 2.05) is 29.2 Å². The van der Waals surface area contributed by atoms with E-state index in [0.717, 1.165) is 38.1 Å². The summed E-state index contributed by atoms with van der Waals surface area (Å²) < 4.78 is 5.33. The monoisotopic (exact) mass is 316 g/mol. The number of rotatable bonds is 3. The van der Waals surface area contributed by atoms with Gasteiger partial charge >= 0.3 is 0 Å². The molecule has 1 aromatic rings. The van der Waals surface area contributed by atoms with Crippen LogP contribution in [0.3, 0.4) is 0 Å². The highest BCUT2D eigenvalue weighted by atomic mass is 16.5. The summed E-state index contributed by atoms with van der Waals surface area (Å²) in [5, 5.41) is 0. The second-order valence-corrected chi connectivity index (χ2v) is 6.94. The number of methoxy groups -OCH3 is 1. The quantitative estimate of drug-likeness (QED) is 0.859. The summed E-state index contributed by atoms with van der Waals surface area (Å²) in [6, 6.07) is 8.24. The van der Waals surface area contributed by atoms with Crippen LogP contribution in [0, 0.1) is 5.92 Å². The SMILES string of the molecule is COc1ccccc1C(=O)N1CCN(C2CCC(C)CC2)CC1. The summed E-state index contributed by atoms with van der Waals surface area (Å²) in [4.78, 5) is 17.3. The van der Waals surface area contributed by atoms with Gasteiger partial charge in [-0.1, -0.05) is 19.1 Å². The molecule has 23 heavy (non-hydrogen) atoms. The van der Waals surface area contributed by atoms with E-state index < -0.39 is 0 Å². The normalized spacial score (nSPS) is 26.1. The second-order valence-electron chi connectivity index (χ2n) is 6.94. The highest BCUT2D eigenvalue weighted by Crippen LogP contribution is 2.28. The van der Waals surface area contributed by atoms with E-state index in [1.165, 1.54) is 25.7 Å². The zero-order valence-electron chi connectivity index (χ0n) is 14.3. The van der Waals surface area contributed by atoms with Crippen LogP contribution in [-0.4, -0.2) is 55.0 Å². The first-order chi connectivity index (χ1) is 11.2. The van der Waals surface area contributed by atoms with Crippen LogP contribution in [-0.2, 0) is 0 Å². The molecule has 3 rings (SSSR count). The smallest absolute Gasteiger partial charge is 0.257 e. The van der Waals surface area contributed by atoms with Gasteiger partial charge < -0.3 is 9.64 Å². The van der Waals surface area contributed by atoms with Gasteiger partial charge in [0.25, 0.3) is 5.91 Å². The topological polar surface area (TPSA) is 32.8 Å². The van der Waals surface area contributed by atoms with Crippen LogP contribution in [0.15, 0.2) is 24.3 Å². The van der Waals surface area contributed by atoms with Gasteiger partial charge in [0.05, 0.1) is 12.7 Å². The number of hydrogen-bond acceptors (Lipinski definition) is 3. The molecule has 2 aliphatic rings. The van der Waals surface area contributed by atoms with E-state index in [9.17, 15) is 4.79 Å². The average molecular weight is 316 g/mol. The van der Waals surface area contributed by atoms with Crippen LogP contribution in [0.25, 0.3) is 0 Å². The fourth-order valence-corrected chi connectivity index (χ4v) is 3.89. The summed E-state index contributed by atoms with van der Waals surface area (Å²) in [5.74, 6) is 1.65. The van der Waals surface area contributed by atoms with Gasteiger partial charge in [0, 0.05) is 32.2 Å². The van der Waals surface area contributed by atoms with E-state index in [0.29, 0.717) is 11.3 Å². The van der Waals surface area contributed by atoms with Crippen molar-refractivity contribution < 1.29 is 9.53 Å². The molecule has 0 atom stereocenters. The summed E-state index contributed by atoms with van der Waals surface area (Å²) in [5.41, 5.74) is 0.676. The second kappa shape index (κ2) is 7.35. The molecule has 1 saturated heterocycles. The Hall–Kier alpha value is -1.55. The molecule has 1 heterocycles. The molecule has 0 unspecified atom stereocenters. The molecule has 4 heteroatoms. The fourth-order valence-electron chi connectivity index (χ4n) is 3.89. The first-order valence-electron chi connectivity index (χ1n) is 8.85. The van der Waals surface area contributed by atoms with Crippen molar-refractivity contribution in [1.29, 1.82) is 0 Å². The molecule has 126 valence electrons. The van der Waals surface area contributed by atoms with Crippen LogP contribution >= 0.6 is 0 Å². The van der Waals surface area contributed by atoms with E-state index in [4.69, 9.17) is 4.74 Å². The van der Waals surface area contributed by atoms with Crippen molar-refractivity contribution in [1.82, 2.24) is 9.80 Å². The molecule has 4 nitrogen and oxygen atoms in total. The number of ether oxygens (including phenoxy) is 1. The fraction of sp³-hybridized carbons (Fsp3) is 0.632. The molecule has 1 saturated carbocycles. The summed E-state index contributed by atoms with van der Waals surface area (Å²) in [6.45, 7) is 6.01. The maximum absolute atomic E-state index is 12.7. The molecular weight excluding hydrogens is 288 g/mol. The van der Waals surface area contributed by atoms with Crippen LogP contribution in [0.1, 0.15) is 43.0 Å². The Morgan fingerprint density at radius 2 is 1.70 bits per heavy atom. The average Bonchev–Trinajstić information content (AvgIpc) is 2.62. The molecule has 0 radical (unpaired) electrons. The van der Waals surface area contributed by atoms with Crippen molar-refractivity contribution >= 4 is 5.91 Å². The van der Waals surface area contributed by atoms with Gasteiger partial charge in [-0.05, 0) is 43.7 Å². The maximum Gasteiger partial charge on any atom is 0.257 e. The number of carbonyl (C=O) groups is 1. The van der Waals surface area contributed by atoms with Crippen molar-refractivity contribution in [2.45, 2.75) is 38.6 Å². The molecule has 1 amide bonds. The van der Waals surface area contributed by atoms with Crippen molar-refractivity contribution in [2.24, 2.45) is 5.92 Å². The summed E-state index contributed by atoms with van der Waals surface area (Å²) in [6.07, 6.45) is 5.35.